The van der Waals surface area contributed by atoms with E-state index in [1.807, 2.05) is 18.3 Å². The molecule has 0 radical (unpaired) electrons. The van der Waals surface area contributed by atoms with Crippen LogP contribution in [0.5, 0.6) is 0 Å². The van der Waals surface area contributed by atoms with E-state index in [0.717, 1.165) is 88.5 Å². The van der Waals surface area contributed by atoms with Gasteiger partial charge in [0.1, 0.15) is 5.82 Å². The molecule has 7 nitrogen and oxygen atoms in total. The monoisotopic (exact) mass is 444 g/mol. The third kappa shape index (κ3) is 5.31. The fraction of sp³-hybridized carbons (Fsp3) is 0.423. The highest BCUT2D eigenvalue weighted by Crippen LogP contribution is 2.29. The van der Waals surface area contributed by atoms with Crippen LogP contribution in [0, 0.1) is 0 Å². The number of aromatic nitrogens is 3. The van der Waals surface area contributed by atoms with Gasteiger partial charge in [0.25, 0.3) is 0 Å². The molecule has 0 saturated carbocycles. The predicted molar refractivity (Wildman–Crippen MR) is 131 cm³/mol. The summed E-state index contributed by atoms with van der Waals surface area (Å²) in [7, 11) is 2.14. The van der Waals surface area contributed by atoms with Crippen molar-refractivity contribution in [3.63, 3.8) is 0 Å². The predicted octanol–water partition coefficient (Wildman–Crippen LogP) is 2.95. The number of hydrogen-bond donors (Lipinski definition) is 0. The van der Waals surface area contributed by atoms with Crippen LogP contribution in [-0.2, 0) is 30.7 Å². The summed E-state index contributed by atoms with van der Waals surface area (Å²) < 4.78 is 5.56. The summed E-state index contributed by atoms with van der Waals surface area (Å²) in [5.41, 5.74) is 4.90. The maximum absolute atomic E-state index is 5.56. The topological polar surface area (TPSA) is 57.6 Å². The SMILES string of the molecule is CN(CCc1ccccn1)c1nc(N2CCOCC2)nc2c1CCN(Cc1ccccc1)C2. The van der Waals surface area contributed by atoms with Gasteiger partial charge < -0.3 is 14.5 Å². The fourth-order valence-electron chi connectivity index (χ4n) is 4.58. The lowest BCUT2D eigenvalue weighted by molar-refractivity contribution is 0.122. The molecule has 3 aromatic rings. The molecule has 1 saturated heterocycles. The molecule has 0 unspecified atom stereocenters. The van der Waals surface area contributed by atoms with Crippen LogP contribution in [0.25, 0.3) is 0 Å². The number of pyridine rings is 1. The highest BCUT2D eigenvalue weighted by atomic mass is 16.5. The molecule has 0 spiro atoms. The minimum absolute atomic E-state index is 0.728. The van der Waals surface area contributed by atoms with Crippen molar-refractivity contribution in [3.05, 3.63) is 77.2 Å². The molecular formula is C26H32N6O. The van der Waals surface area contributed by atoms with E-state index >= 15 is 0 Å². The number of morpholine rings is 1. The van der Waals surface area contributed by atoms with Crippen LogP contribution in [0.4, 0.5) is 11.8 Å². The second kappa shape index (κ2) is 10.3. The molecule has 1 fully saturated rings. The molecule has 0 aliphatic carbocycles. The van der Waals surface area contributed by atoms with E-state index in [1.165, 1.54) is 11.1 Å². The Bertz CT molecular complexity index is 1040. The van der Waals surface area contributed by atoms with Crippen LogP contribution in [0.2, 0.25) is 0 Å². The van der Waals surface area contributed by atoms with Gasteiger partial charge in [-0.3, -0.25) is 9.88 Å². The number of fused-ring (bicyclic) bond motifs is 1. The van der Waals surface area contributed by atoms with Gasteiger partial charge in [0.05, 0.1) is 18.9 Å². The Labute approximate surface area is 196 Å². The highest BCUT2D eigenvalue weighted by Gasteiger charge is 2.26. The van der Waals surface area contributed by atoms with Crippen LogP contribution in [0.1, 0.15) is 22.5 Å². The molecule has 2 aliphatic heterocycles. The number of rotatable bonds is 7. The molecule has 2 aliphatic rings. The first-order valence-electron chi connectivity index (χ1n) is 11.9. The quantitative estimate of drug-likeness (QED) is 0.555. The van der Waals surface area contributed by atoms with Crippen LogP contribution in [-0.4, -0.2) is 66.3 Å². The fourth-order valence-corrected chi connectivity index (χ4v) is 4.58. The zero-order valence-corrected chi connectivity index (χ0v) is 19.4. The molecule has 0 N–H and O–H groups in total. The van der Waals surface area contributed by atoms with Gasteiger partial charge >= 0.3 is 0 Å². The molecule has 1 aromatic carbocycles. The second-order valence-electron chi connectivity index (χ2n) is 8.81. The van der Waals surface area contributed by atoms with Crippen LogP contribution in [0.3, 0.4) is 0 Å². The number of anilines is 2. The zero-order chi connectivity index (χ0) is 22.5. The minimum atomic E-state index is 0.728. The van der Waals surface area contributed by atoms with Gasteiger partial charge in [-0.15, -0.1) is 0 Å². The Morgan fingerprint density at radius 3 is 2.58 bits per heavy atom. The van der Waals surface area contributed by atoms with Crippen molar-refractivity contribution in [2.45, 2.75) is 25.9 Å². The van der Waals surface area contributed by atoms with Crippen LogP contribution in [0.15, 0.2) is 54.7 Å². The number of nitrogens with zero attached hydrogens (tertiary/aromatic N) is 6. The summed E-state index contributed by atoms with van der Waals surface area (Å²) in [6.07, 6.45) is 3.72. The zero-order valence-electron chi connectivity index (χ0n) is 19.4. The summed E-state index contributed by atoms with van der Waals surface area (Å²) in [6.45, 7) is 6.82. The maximum Gasteiger partial charge on any atom is 0.227 e. The molecule has 0 atom stereocenters. The molecule has 172 valence electrons. The average molecular weight is 445 g/mol. The first-order valence-corrected chi connectivity index (χ1v) is 11.9. The summed E-state index contributed by atoms with van der Waals surface area (Å²) in [5.74, 6) is 1.90. The van der Waals surface area contributed by atoms with Gasteiger partial charge in [0.15, 0.2) is 0 Å². The van der Waals surface area contributed by atoms with E-state index in [0.29, 0.717) is 0 Å². The Morgan fingerprint density at radius 1 is 0.970 bits per heavy atom. The van der Waals surface area contributed by atoms with Crippen LogP contribution >= 0.6 is 0 Å². The normalized spacial score (nSPS) is 16.5. The summed E-state index contributed by atoms with van der Waals surface area (Å²) in [4.78, 5) is 21.7. The van der Waals surface area contributed by atoms with E-state index < -0.39 is 0 Å². The molecule has 7 heteroatoms. The molecule has 5 rings (SSSR count). The summed E-state index contributed by atoms with van der Waals surface area (Å²) in [6, 6.07) is 16.8. The van der Waals surface area contributed by atoms with Crippen molar-refractivity contribution in [3.8, 4) is 0 Å². The molecule has 33 heavy (non-hydrogen) atoms. The highest BCUT2D eigenvalue weighted by molar-refractivity contribution is 5.54. The van der Waals surface area contributed by atoms with Crippen molar-refractivity contribution in [2.75, 3.05) is 56.2 Å². The van der Waals surface area contributed by atoms with E-state index in [1.54, 1.807) is 0 Å². The average Bonchev–Trinajstić information content (AvgIpc) is 2.88. The molecule has 2 aromatic heterocycles. The van der Waals surface area contributed by atoms with Crippen molar-refractivity contribution in [2.24, 2.45) is 0 Å². The minimum Gasteiger partial charge on any atom is -0.378 e. The number of hydrogen-bond acceptors (Lipinski definition) is 7. The van der Waals surface area contributed by atoms with Gasteiger partial charge in [-0.2, -0.15) is 4.98 Å². The second-order valence-corrected chi connectivity index (χ2v) is 8.81. The van der Waals surface area contributed by atoms with Gasteiger partial charge in [0.2, 0.25) is 5.95 Å². The number of likely N-dealkylation sites (N-methyl/N-ethyl adjacent to an activating group) is 1. The van der Waals surface area contributed by atoms with Crippen molar-refractivity contribution in [1.82, 2.24) is 19.9 Å². The Hall–Kier alpha value is -3.03. The van der Waals surface area contributed by atoms with Gasteiger partial charge in [0, 0.05) is 70.2 Å². The smallest absolute Gasteiger partial charge is 0.227 e. The summed E-state index contributed by atoms with van der Waals surface area (Å²) in [5, 5.41) is 0. The van der Waals surface area contributed by atoms with E-state index in [4.69, 9.17) is 14.7 Å². The van der Waals surface area contributed by atoms with Crippen LogP contribution < -0.4 is 9.80 Å². The molecular weight excluding hydrogens is 412 g/mol. The lowest BCUT2D eigenvalue weighted by atomic mass is 10.0. The Kier molecular flexibility index (Phi) is 6.79. The van der Waals surface area contributed by atoms with Gasteiger partial charge in [-0.25, -0.2) is 4.98 Å². The Balaban J connectivity index is 1.39. The van der Waals surface area contributed by atoms with Gasteiger partial charge in [-0.05, 0) is 24.1 Å². The standard InChI is InChI=1S/C26H32N6O/c1-30(13-10-22-9-5-6-12-27-22)25-23-11-14-31(19-21-7-3-2-4-8-21)20-24(23)28-26(29-25)32-15-17-33-18-16-32/h2-9,12H,10-11,13-20H2,1H3. The third-order valence-electron chi connectivity index (χ3n) is 6.44. The third-order valence-corrected chi connectivity index (χ3v) is 6.44. The lowest BCUT2D eigenvalue weighted by Gasteiger charge is -2.33. The van der Waals surface area contributed by atoms with Crippen molar-refractivity contribution >= 4 is 11.8 Å². The molecule has 0 amide bonds. The van der Waals surface area contributed by atoms with Crippen molar-refractivity contribution in [1.29, 1.82) is 0 Å². The first-order chi connectivity index (χ1) is 16.3. The Morgan fingerprint density at radius 2 is 1.79 bits per heavy atom. The van der Waals surface area contributed by atoms with E-state index in [-0.39, 0.29) is 0 Å². The largest absolute Gasteiger partial charge is 0.378 e. The van der Waals surface area contributed by atoms with E-state index in [2.05, 4.69) is 63.1 Å². The van der Waals surface area contributed by atoms with E-state index in [9.17, 15) is 0 Å². The molecule has 4 heterocycles. The number of benzene rings is 1. The number of ether oxygens (including phenoxy) is 1. The lowest BCUT2D eigenvalue weighted by Crippen LogP contribution is -2.39. The molecule has 0 bridgehead atoms. The van der Waals surface area contributed by atoms with Gasteiger partial charge in [-0.1, -0.05) is 36.4 Å². The van der Waals surface area contributed by atoms with Crippen molar-refractivity contribution < 1.29 is 4.74 Å². The summed E-state index contributed by atoms with van der Waals surface area (Å²) >= 11 is 0. The maximum atomic E-state index is 5.56. The first kappa shape index (κ1) is 21.8.